The van der Waals surface area contributed by atoms with Crippen LogP contribution in [0.2, 0.25) is 0 Å². The molecule has 4 atom stereocenters. The first-order valence-corrected chi connectivity index (χ1v) is 6.34. The van der Waals surface area contributed by atoms with E-state index in [-0.39, 0.29) is 17.7 Å². The van der Waals surface area contributed by atoms with Crippen LogP contribution in [0.3, 0.4) is 0 Å². The molecule has 2 saturated heterocycles. The summed E-state index contributed by atoms with van der Waals surface area (Å²) in [5.74, 6) is -0.441. The van der Waals surface area contributed by atoms with Gasteiger partial charge in [-0.05, 0) is 25.2 Å². The van der Waals surface area contributed by atoms with Crippen molar-refractivity contribution in [3.05, 3.63) is 0 Å². The molecule has 4 N–H and O–H groups in total. The third-order valence-electron chi connectivity index (χ3n) is 3.91. The van der Waals surface area contributed by atoms with Crippen LogP contribution in [0, 0.1) is 11.8 Å². The molecule has 2 fully saturated rings. The van der Waals surface area contributed by atoms with Gasteiger partial charge >= 0.3 is 0 Å². The van der Waals surface area contributed by atoms with E-state index in [1.165, 1.54) is 0 Å². The first-order chi connectivity index (χ1) is 7.99. The third kappa shape index (κ3) is 2.44. The van der Waals surface area contributed by atoms with Gasteiger partial charge in [0.15, 0.2) is 0 Å². The van der Waals surface area contributed by atoms with Crippen molar-refractivity contribution in [2.75, 3.05) is 0 Å². The van der Waals surface area contributed by atoms with Crippen molar-refractivity contribution in [2.45, 2.75) is 51.2 Å². The third-order valence-corrected chi connectivity index (χ3v) is 3.91. The van der Waals surface area contributed by atoms with Crippen LogP contribution in [0.1, 0.15) is 33.1 Å². The topological polar surface area (TPSA) is 84.2 Å². The molecule has 5 nitrogen and oxygen atoms in total. The molecule has 0 radical (unpaired) electrons. The number of rotatable bonds is 4. The Balaban J connectivity index is 1.94. The molecule has 96 valence electrons. The highest BCUT2D eigenvalue weighted by Gasteiger charge is 2.43. The maximum absolute atomic E-state index is 12.1. The minimum Gasteiger partial charge on any atom is -0.368 e. The lowest BCUT2D eigenvalue weighted by atomic mass is 9.88. The monoisotopic (exact) mass is 239 g/mol. The Morgan fingerprint density at radius 3 is 2.47 bits per heavy atom. The van der Waals surface area contributed by atoms with Gasteiger partial charge in [0.2, 0.25) is 11.8 Å². The number of hydrogen-bond donors (Lipinski definition) is 3. The van der Waals surface area contributed by atoms with E-state index >= 15 is 0 Å². The summed E-state index contributed by atoms with van der Waals surface area (Å²) in [7, 11) is 0. The summed E-state index contributed by atoms with van der Waals surface area (Å²) in [5.41, 5.74) is 5.29. The largest absolute Gasteiger partial charge is 0.368 e. The molecule has 2 amide bonds. The molecule has 0 aromatic rings. The zero-order chi connectivity index (χ0) is 12.6. The molecule has 4 unspecified atom stereocenters. The minimum atomic E-state index is -0.554. The summed E-state index contributed by atoms with van der Waals surface area (Å²) in [6.07, 6.45) is 3.11. The van der Waals surface area contributed by atoms with E-state index in [0.717, 1.165) is 19.3 Å². The van der Waals surface area contributed by atoms with Crippen LogP contribution in [-0.2, 0) is 9.59 Å². The lowest BCUT2D eigenvalue weighted by Crippen LogP contribution is -2.51. The standard InChI is InChI=1S/C12H21N3O2/c1-6(2)10(11(13)16)15-12(17)8-5-7-3-4-9(8)14-7/h6-10,14H,3-5H2,1-2H3,(H2,13,16)(H,15,17). The SMILES string of the molecule is CC(C)C(NC(=O)C1CC2CCC1N2)C(N)=O. The van der Waals surface area contributed by atoms with Gasteiger partial charge in [-0.3, -0.25) is 9.59 Å². The van der Waals surface area contributed by atoms with Gasteiger partial charge in [-0.2, -0.15) is 0 Å². The van der Waals surface area contributed by atoms with Crippen LogP contribution in [0.15, 0.2) is 0 Å². The van der Waals surface area contributed by atoms with Gasteiger partial charge in [-0.1, -0.05) is 13.8 Å². The zero-order valence-corrected chi connectivity index (χ0v) is 10.4. The van der Waals surface area contributed by atoms with Crippen LogP contribution in [0.25, 0.3) is 0 Å². The van der Waals surface area contributed by atoms with Crippen molar-refractivity contribution in [3.63, 3.8) is 0 Å². The smallest absolute Gasteiger partial charge is 0.240 e. The normalized spacial score (nSPS) is 32.8. The van der Waals surface area contributed by atoms with Crippen molar-refractivity contribution in [3.8, 4) is 0 Å². The van der Waals surface area contributed by atoms with Gasteiger partial charge in [0.05, 0.1) is 5.92 Å². The van der Waals surface area contributed by atoms with Gasteiger partial charge in [0.25, 0.3) is 0 Å². The molecule has 0 aromatic heterocycles. The number of hydrogen-bond acceptors (Lipinski definition) is 3. The molecular weight excluding hydrogens is 218 g/mol. The first-order valence-electron chi connectivity index (χ1n) is 6.34. The van der Waals surface area contributed by atoms with Crippen LogP contribution in [-0.4, -0.2) is 29.9 Å². The quantitative estimate of drug-likeness (QED) is 0.632. The molecule has 2 aliphatic rings. The minimum absolute atomic E-state index is 0.00866. The Labute approximate surface area is 102 Å². The maximum atomic E-state index is 12.1. The van der Waals surface area contributed by atoms with E-state index < -0.39 is 11.9 Å². The van der Waals surface area contributed by atoms with E-state index in [0.29, 0.717) is 12.1 Å². The fraction of sp³-hybridized carbons (Fsp3) is 0.833. The lowest BCUT2D eigenvalue weighted by Gasteiger charge is -2.24. The highest BCUT2D eigenvalue weighted by Crippen LogP contribution is 2.33. The zero-order valence-electron chi connectivity index (χ0n) is 10.4. The Hall–Kier alpha value is -1.10. The molecule has 0 aromatic carbocycles. The van der Waals surface area contributed by atoms with Crippen LogP contribution in [0.5, 0.6) is 0 Å². The van der Waals surface area contributed by atoms with E-state index in [2.05, 4.69) is 10.6 Å². The van der Waals surface area contributed by atoms with E-state index in [4.69, 9.17) is 5.73 Å². The predicted molar refractivity (Wildman–Crippen MR) is 64.0 cm³/mol. The molecule has 0 saturated carbocycles. The number of primary amides is 1. The Kier molecular flexibility index (Phi) is 3.38. The van der Waals surface area contributed by atoms with Crippen molar-refractivity contribution >= 4 is 11.8 Å². The average Bonchev–Trinajstić information content (AvgIpc) is 2.85. The Morgan fingerprint density at radius 1 is 1.35 bits per heavy atom. The van der Waals surface area contributed by atoms with Gasteiger partial charge in [0.1, 0.15) is 6.04 Å². The second-order valence-electron chi connectivity index (χ2n) is 5.52. The summed E-state index contributed by atoms with van der Waals surface area (Å²) >= 11 is 0. The summed E-state index contributed by atoms with van der Waals surface area (Å²) < 4.78 is 0. The number of fused-ring (bicyclic) bond motifs is 2. The Morgan fingerprint density at radius 2 is 2.06 bits per heavy atom. The van der Waals surface area contributed by atoms with Gasteiger partial charge in [0, 0.05) is 12.1 Å². The van der Waals surface area contributed by atoms with Gasteiger partial charge in [-0.25, -0.2) is 0 Å². The van der Waals surface area contributed by atoms with E-state index in [1.54, 1.807) is 0 Å². The van der Waals surface area contributed by atoms with Crippen molar-refractivity contribution in [2.24, 2.45) is 17.6 Å². The predicted octanol–water partition coefficient (Wildman–Crippen LogP) is -0.247. The molecule has 5 heteroatoms. The summed E-state index contributed by atoms with van der Waals surface area (Å²) in [6, 6.07) is 0.226. The van der Waals surface area contributed by atoms with E-state index in [9.17, 15) is 9.59 Å². The number of amides is 2. The average molecular weight is 239 g/mol. The fourth-order valence-corrected chi connectivity index (χ4v) is 2.94. The fourth-order valence-electron chi connectivity index (χ4n) is 2.94. The number of nitrogens with one attached hydrogen (secondary N) is 2. The molecule has 2 aliphatic heterocycles. The first kappa shape index (κ1) is 12.4. The van der Waals surface area contributed by atoms with Crippen LogP contribution >= 0.6 is 0 Å². The molecule has 0 aliphatic carbocycles. The van der Waals surface area contributed by atoms with Crippen LogP contribution < -0.4 is 16.4 Å². The second kappa shape index (κ2) is 4.64. The van der Waals surface area contributed by atoms with Crippen LogP contribution in [0.4, 0.5) is 0 Å². The molecule has 2 rings (SSSR count). The number of carbonyl (C=O) groups excluding carboxylic acids is 2. The maximum Gasteiger partial charge on any atom is 0.240 e. The lowest BCUT2D eigenvalue weighted by molar-refractivity contribution is -0.131. The van der Waals surface area contributed by atoms with Gasteiger partial charge in [-0.15, -0.1) is 0 Å². The Bertz CT molecular complexity index is 330. The second-order valence-corrected chi connectivity index (χ2v) is 5.52. The highest BCUT2D eigenvalue weighted by molar-refractivity contribution is 5.88. The van der Waals surface area contributed by atoms with Crippen molar-refractivity contribution < 1.29 is 9.59 Å². The summed E-state index contributed by atoms with van der Waals surface area (Å²) in [5, 5.41) is 6.20. The number of nitrogens with two attached hydrogens (primary N) is 1. The van der Waals surface area contributed by atoms with Gasteiger partial charge < -0.3 is 16.4 Å². The molecule has 2 heterocycles. The summed E-state index contributed by atoms with van der Waals surface area (Å²) in [4.78, 5) is 23.3. The van der Waals surface area contributed by atoms with Crippen molar-refractivity contribution in [1.82, 2.24) is 10.6 Å². The molecule has 17 heavy (non-hydrogen) atoms. The summed E-state index contributed by atoms with van der Waals surface area (Å²) in [6.45, 7) is 3.77. The number of carbonyl (C=O) groups is 2. The molecule has 2 bridgehead atoms. The van der Waals surface area contributed by atoms with E-state index in [1.807, 2.05) is 13.8 Å². The molecule has 0 spiro atoms. The van der Waals surface area contributed by atoms with Crippen molar-refractivity contribution in [1.29, 1.82) is 0 Å². The highest BCUT2D eigenvalue weighted by atomic mass is 16.2. The molecular formula is C12H21N3O2.